The number of hydroxylamine groups is 1. The predicted octanol–water partition coefficient (Wildman–Crippen LogP) is -1.25. The van der Waals surface area contributed by atoms with Gasteiger partial charge in [-0.3, -0.25) is 0 Å². The highest BCUT2D eigenvalue weighted by atomic mass is 17.0. The molecule has 2 aliphatic heterocycles. The van der Waals surface area contributed by atoms with E-state index < -0.39 is 6.03 Å². The first-order valence-electron chi connectivity index (χ1n) is 2.25. The molecule has 2 rings (SSSR count). The molecular weight excluding hydrogens is 96.0 g/mol. The van der Waals surface area contributed by atoms with Crippen LogP contribution in [0.3, 0.4) is 0 Å². The highest BCUT2D eigenvalue weighted by molar-refractivity contribution is 4.73. The number of ether oxygens (including phenoxy) is 1. The summed E-state index contributed by atoms with van der Waals surface area (Å²) < 4.78 is 5.01. The molecule has 4 nitrogen and oxygen atoms in total. The minimum atomic E-state index is -0.556. The molecule has 2 fully saturated rings. The molecule has 0 unspecified atom stereocenters. The third-order valence-corrected chi connectivity index (χ3v) is 1.05. The standard InChI is InChI=1S/C3H6N2O2/c1-2-6-3(4-1)5-7-3/h4-5H,1-2H2/t3-/m0/s1. The Bertz CT molecular complexity index is 82.9. The van der Waals surface area contributed by atoms with Gasteiger partial charge in [0, 0.05) is 6.54 Å². The van der Waals surface area contributed by atoms with Crippen LogP contribution in [0.5, 0.6) is 0 Å². The average Bonchev–Trinajstić information content (AvgIpc) is 2.15. The lowest BCUT2D eigenvalue weighted by Gasteiger charge is -1.93. The van der Waals surface area contributed by atoms with Crippen molar-refractivity contribution in [2.75, 3.05) is 13.2 Å². The van der Waals surface area contributed by atoms with Gasteiger partial charge in [-0.15, -0.1) is 5.48 Å². The van der Waals surface area contributed by atoms with E-state index in [9.17, 15) is 0 Å². The Morgan fingerprint density at radius 3 is 2.71 bits per heavy atom. The molecule has 7 heavy (non-hydrogen) atoms. The van der Waals surface area contributed by atoms with Crippen LogP contribution in [0.2, 0.25) is 0 Å². The van der Waals surface area contributed by atoms with E-state index in [0.29, 0.717) is 0 Å². The lowest BCUT2D eigenvalue weighted by Crippen LogP contribution is -2.29. The lowest BCUT2D eigenvalue weighted by molar-refractivity contribution is -0.00922. The van der Waals surface area contributed by atoms with Gasteiger partial charge in [0.15, 0.2) is 0 Å². The molecule has 0 aromatic heterocycles. The van der Waals surface area contributed by atoms with Crippen molar-refractivity contribution in [1.82, 2.24) is 10.8 Å². The van der Waals surface area contributed by atoms with Crippen molar-refractivity contribution >= 4 is 0 Å². The summed E-state index contributed by atoms with van der Waals surface area (Å²) in [7, 11) is 0. The topological polar surface area (TPSA) is 55.7 Å². The summed E-state index contributed by atoms with van der Waals surface area (Å²) in [5.74, 6) is 0. The van der Waals surface area contributed by atoms with Gasteiger partial charge in [0.25, 0.3) is 0 Å². The van der Waals surface area contributed by atoms with Crippen LogP contribution in [0.1, 0.15) is 0 Å². The smallest absolute Gasteiger partial charge is 0.321 e. The molecule has 1 atom stereocenters. The molecule has 0 amide bonds. The van der Waals surface area contributed by atoms with Crippen molar-refractivity contribution in [3.05, 3.63) is 0 Å². The summed E-state index contributed by atoms with van der Waals surface area (Å²) in [5, 5.41) is 2.95. The summed E-state index contributed by atoms with van der Waals surface area (Å²) in [6, 6.07) is -0.556. The summed E-state index contributed by atoms with van der Waals surface area (Å²) in [6.07, 6.45) is 0. The predicted molar refractivity (Wildman–Crippen MR) is 20.9 cm³/mol. The van der Waals surface area contributed by atoms with Crippen LogP contribution in [0, 0.1) is 0 Å². The van der Waals surface area contributed by atoms with E-state index >= 15 is 0 Å². The molecule has 2 aliphatic rings. The maximum Gasteiger partial charge on any atom is 0.330 e. The van der Waals surface area contributed by atoms with Gasteiger partial charge in [-0.25, -0.2) is 10.2 Å². The fourth-order valence-electron chi connectivity index (χ4n) is 0.639. The molecule has 1 spiro atoms. The Morgan fingerprint density at radius 1 is 1.57 bits per heavy atom. The van der Waals surface area contributed by atoms with Gasteiger partial charge < -0.3 is 4.74 Å². The molecule has 2 heterocycles. The Morgan fingerprint density at radius 2 is 2.43 bits per heavy atom. The monoisotopic (exact) mass is 102 g/mol. The molecule has 0 radical (unpaired) electrons. The minimum absolute atomic E-state index is 0.556. The van der Waals surface area contributed by atoms with Gasteiger partial charge >= 0.3 is 6.03 Å². The van der Waals surface area contributed by atoms with Gasteiger partial charge in [-0.1, -0.05) is 0 Å². The Balaban J connectivity index is 2.07. The fourth-order valence-corrected chi connectivity index (χ4v) is 0.639. The molecule has 0 saturated carbocycles. The van der Waals surface area contributed by atoms with E-state index in [4.69, 9.17) is 4.74 Å². The van der Waals surface area contributed by atoms with Crippen molar-refractivity contribution in [3.8, 4) is 0 Å². The normalized spacial score (nSPS) is 48.0. The van der Waals surface area contributed by atoms with Crippen molar-refractivity contribution in [2.45, 2.75) is 6.03 Å². The summed E-state index contributed by atoms with van der Waals surface area (Å²) in [4.78, 5) is 4.67. The largest absolute Gasteiger partial charge is 0.330 e. The van der Waals surface area contributed by atoms with Crippen molar-refractivity contribution in [1.29, 1.82) is 0 Å². The van der Waals surface area contributed by atoms with E-state index in [-0.39, 0.29) is 0 Å². The Labute approximate surface area is 40.7 Å². The minimum Gasteiger partial charge on any atom is -0.321 e. The third kappa shape index (κ3) is 0.450. The van der Waals surface area contributed by atoms with Gasteiger partial charge in [0.2, 0.25) is 0 Å². The molecule has 0 aromatic rings. The van der Waals surface area contributed by atoms with Crippen molar-refractivity contribution in [2.24, 2.45) is 0 Å². The Hall–Kier alpha value is -0.160. The molecule has 0 aliphatic carbocycles. The number of hydrogen-bond acceptors (Lipinski definition) is 4. The van der Waals surface area contributed by atoms with Crippen LogP contribution < -0.4 is 10.8 Å². The summed E-state index contributed by atoms with van der Waals surface area (Å²) in [6.45, 7) is 1.60. The molecular formula is C3H6N2O2. The number of rotatable bonds is 0. The number of hydrogen-bond donors (Lipinski definition) is 2. The molecule has 2 saturated heterocycles. The van der Waals surface area contributed by atoms with E-state index in [2.05, 4.69) is 15.6 Å². The maximum absolute atomic E-state index is 5.01. The summed E-state index contributed by atoms with van der Waals surface area (Å²) >= 11 is 0. The quantitative estimate of drug-likeness (QED) is 0.375. The number of nitrogens with one attached hydrogen (secondary N) is 2. The fraction of sp³-hybridized carbons (Fsp3) is 1.00. The van der Waals surface area contributed by atoms with Crippen molar-refractivity contribution < 1.29 is 9.57 Å². The van der Waals surface area contributed by atoms with Crippen LogP contribution in [0.15, 0.2) is 0 Å². The Kier molecular flexibility index (Phi) is 0.529. The molecule has 0 aromatic carbocycles. The second kappa shape index (κ2) is 0.976. The van der Waals surface area contributed by atoms with Gasteiger partial charge in [0.1, 0.15) is 0 Å². The maximum atomic E-state index is 5.01. The van der Waals surface area contributed by atoms with Crippen LogP contribution in [-0.4, -0.2) is 19.2 Å². The molecule has 4 heteroatoms. The first-order valence-corrected chi connectivity index (χ1v) is 2.25. The van der Waals surface area contributed by atoms with Gasteiger partial charge in [0.05, 0.1) is 6.61 Å². The second-order valence-electron chi connectivity index (χ2n) is 1.60. The third-order valence-electron chi connectivity index (χ3n) is 1.05. The first-order chi connectivity index (χ1) is 3.41. The first kappa shape index (κ1) is 3.80. The highest BCUT2D eigenvalue weighted by Crippen LogP contribution is 2.19. The highest BCUT2D eigenvalue weighted by Gasteiger charge is 2.49. The van der Waals surface area contributed by atoms with E-state index in [1.807, 2.05) is 0 Å². The average molecular weight is 102 g/mol. The lowest BCUT2D eigenvalue weighted by atomic mass is 10.7. The molecule has 2 N–H and O–H groups in total. The van der Waals surface area contributed by atoms with Gasteiger partial charge in [-0.05, 0) is 0 Å². The van der Waals surface area contributed by atoms with E-state index in [0.717, 1.165) is 13.2 Å². The van der Waals surface area contributed by atoms with Crippen LogP contribution in [-0.2, 0) is 9.57 Å². The van der Waals surface area contributed by atoms with Crippen LogP contribution >= 0.6 is 0 Å². The zero-order valence-electron chi connectivity index (χ0n) is 3.73. The summed E-state index contributed by atoms with van der Waals surface area (Å²) in [5.41, 5.74) is 2.58. The molecule has 0 bridgehead atoms. The SMILES string of the molecule is C1CO[C@]2(N1)NO2. The second-order valence-corrected chi connectivity index (χ2v) is 1.60. The zero-order valence-corrected chi connectivity index (χ0v) is 3.73. The molecule has 40 valence electrons. The van der Waals surface area contributed by atoms with E-state index in [1.165, 1.54) is 0 Å². The zero-order chi connectivity index (χ0) is 4.74. The van der Waals surface area contributed by atoms with E-state index in [1.54, 1.807) is 0 Å². The van der Waals surface area contributed by atoms with Crippen LogP contribution in [0.25, 0.3) is 0 Å². The van der Waals surface area contributed by atoms with Gasteiger partial charge in [-0.2, -0.15) is 0 Å². The van der Waals surface area contributed by atoms with Crippen molar-refractivity contribution in [3.63, 3.8) is 0 Å². The van der Waals surface area contributed by atoms with Crippen LogP contribution in [0.4, 0.5) is 0 Å².